The van der Waals surface area contributed by atoms with Crippen molar-refractivity contribution in [2.24, 2.45) is 0 Å². The van der Waals surface area contributed by atoms with Crippen molar-refractivity contribution in [2.45, 2.75) is 17.8 Å². The molecular formula is C18H13ClF3N3O4S2. The Labute approximate surface area is 183 Å². The average molecular weight is 492 g/mol. The van der Waals surface area contributed by atoms with E-state index in [1.54, 1.807) is 11.4 Å². The Kier molecular flexibility index (Phi) is 6.53. The summed E-state index contributed by atoms with van der Waals surface area (Å²) < 4.78 is 64.8. The monoisotopic (exact) mass is 491 g/mol. The van der Waals surface area contributed by atoms with E-state index < -0.39 is 44.9 Å². The number of rotatable bonds is 6. The van der Waals surface area contributed by atoms with Crippen molar-refractivity contribution in [3.05, 3.63) is 52.5 Å². The molecule has 1 amide bonds. The van der Waals surface area contributed by atoms with Gasteiger partial charge in [-0.1, -0.05) is 17.7 Å². The molecule has 0 saturated heterocycles. The van der Waals surface area contributed by atoms with Crippen molar-refractivity contribution in [1.82, 2.24) is 9.97 Å². The number of hydrogen-bond acceptors (Lipinski definition) is 7. The van der Waals surface area contributed by atoms with Crippen LogP contribution in [-0.2, 0) is 20.8 Å². The molecule has 3 rings (SSSR count). The maximum atomic E-state index is 13.2. The van der Waals surface area contributed by atoms with Gasteiger partial charge in [-0.3, -0.25) is 4.79 Å². The van der Waals surface area contributed by atoms with E-state index in [0.29, 0.717) is 10.9 Å². The van der Waals surface area contributed by atoms with Crippen LogP contribution in [0.2, 0.25) is 5.02 Å². The van der Waals surface area contributed by atoms with E-state index in [1.165, 1.54) is 24.3 Å². The lowest BCUT2D eigenvalue weighted by molar-refractivity contribution is -0.141. The quantitative estimate of drug-likeness (QED) is 0.391. The highest BCUT2D eigenvalue weighted by atomic mass is 35.5. The highest BCUT2D eigenvalue weighted by molar-refractivity contribution is 7.91. The number of carbonyl (C=O) groups is 1. The molecule has 0 unspecified atom stereocenters. The summed E-state index contributed by atoms with van der Waals surface area (Å²) in [5.41, 5.74) is -1.63. The Bertz CT molecular complexity index is 1220. The Morgan fingerprint density at radius 2 is 1.94 bits per heavy atom. The Balaban J connectivity index is 1.83. The third kappa shape index (κ3) is 5.71. The first-order chi connectivity index (χ1) is 14.5. The Hall–Kier alpha value is -2.70. The summed E-state index contributed by atoms with van der Waals surface area (Å²) in [4.78, 5) is 19.4. The number of thiophene rings is 1. The van der Waals surface area contributed by atoms with E-state index in [2.05, 4.69) is 15.3 Å². The second kappa shape index (κ2) is 8.81. The van der Waals surface area contributed by atoms with Gasteiger partial charge < -0.3 is 10.4 Å². The third-order valence-electron chi connectivity index (χ3n) is 3.88. The second-order valence-electron chi connectivity index (χ2n) is 6.17. The molecule has 31 heavy (non-hydrogen) atoms. The minimum absolute atomic E-state index is 0.0369. The molecule has 0 fully saturated rings. The fourth-order valence-corrected chi connectivity index (χ4v) is 4.37. The van der Waals surface area contributed by atoms with Crippen LogP contribution in [0.15, 0.2) is 46.9 Å². The maximum Gasteiger partial charge on any atom is 0.433 e. The molecule has 164 valence electrons. The SMILES string of the molecule is O=C(CCS(=O)(=O)c1nc(-c2cccs2)cc(C(F)(F)F)n1)Nc1cc(Cl)ccc1O. The Morgan fingerprint density at radius 1 is 1.19 bits per heavy atom. The summed E-state index contributed by atoms with van der Waals surface area (Å²) in [5, 5.41) is 12.8. The lowest BCUT2D eigenvalue weighted by Crippen LogP contribution is -2.20. The van der Waals surface area contributed by atoms with Gasteiger partial charge in [0.25, 0.3) is 0 Å². The van der Waals surface area contributed by atoms with Gasteiger partial charge in [-0.25, -0.2) is 18.4 Å². The van der Waals surface area contributed by atoms with Crippen LogP contribution in [0.5, 0.6) is 5.75 Å². The van der Waals surface area contributed by atoms with E-state index in [4.69, 9.17) is 11.6 Å². The highest BCUT2D eigenvalue weighted by Crippen LogP contribution is 2.32. The topological polar surface area (TPSA) is 109 Å². The van der Waals surface area contributed by atoms with Gasteiger partial charge in [-0.15, -0.1) is 11.3 Å². The predicted molar refractivity (Wildman–Crippen MR) is 109 cm³/mol. The molecule has 0 atom stereocenters. The third-order valence-corrected chi connectivity index (χ3v) is 6.49. The molecule has 1 aromatic carbocycles. The van der Waals surface area contributed by atoms with Crippen LogP contribution < -0.4 is 5.32 Å². The molecule has 0 aliphatic rings. The summed E-state index contributed by atoms with van der Waals surface area (Å²) in [6.07, 6.45) is -5.50. The van der Waals surface area contributed by atoms with Crippen LogP contribution in [0, 0.1) is 0 Å². The molecule has 0 aliphatic heterocycles. The van der Waals surface area contributed by atoms with Crippen LogP contribution >= 0.6 is 22.9 Å². The fraction of sp³-hybridized carbons (Fsp3) is 0.167. The molecule has 2 N–H and O–H groups in total. The first-order valence-electron chi connectivity index (χ1n) is 8.47. The van der Waals surface area contributed by atoms with Gasteiger partial charge in [0, 0.05) is 11.4 Å². The summed E-state index contributed by atoms with van der Waals surface area (Å²) in [5.74, 6) is -1.93. The van der Waals surface area contributed by atoms with Crippen LogP contribution in [-0.4, -0.2) is 35.2 Å². The number of carbonyl (C=O) groups excluding carboxylic acids is 1. The minimum atomic E-state index is -4.89. The molecule has 2 heterocycles. The number of anilines is 1. The van der Waals surface area contributed by atoms with Crippen LogP contribution in [0.4, 0.5) is 18.9 Å². The van der Waals surface area contributed by atoms with E-state index in [-0.39, 0.29) is 22.2 Å². The zero-order chi connectivity index (χ0) is 22.8. The first kappa shape index (κ1) is 23.0. The predicted octanol–water partition coefficient (Wildman–Crippen LogP) is 4.39. The molecule has 0 bridgehead atoms. The number of aromatic hydroxyl groups is 1. The van der Waals surface area contributed by atoms with E-state index in [1.807, 2.05) is 0 Å². The summed E-state index contributed by atoms with van der Waals surface area (Å²) in [6.45, 7) is 0. The van der Waals surface area contributed by atoms with Crippen molar-refractivity contribution in [2.75, 3.05) is 11.1 Å². The van der Waals surface area contributed by atoms with E-state index >= 15 is 0 Å². The fourth-order valence-electron chi connectivity index (χ4n) is 2.40. The summed E-state index contributed by atoms with van der Waals surface area (Å²) in [6, 6.07) is 7.62. The molecule has 0 radical (unpaired) electrons. The number of phenols is 1. The number of hydrogen-bond donors (Lipinski definition) is 2. The van der Waals surface area contributed by atoms with Gasteiger partial charge in [-0.2, -0.15) is 13.2 Å². The lowest BCUT2D eigenvalue weighted by atomic mass is 10.3. The number of halogens is 4. The molecule has 3 aromatic rings. The van der Waals surface area contributed by atoms with Gasteiger partial charge >= 0.3 is 6.18 Å². The largest absolute Gasteiger partial charge is 0.506 e. The lowest BCUT2D eigenvalue weighted by Gasteiger charge is -2.11. The number of phenolic OH excluding ortho intramolecular Hbond substituents is 1. The van der Waals surface area contributed by atoms with Gasteiger partial charge in [0.15, 0.2) is 0 Å². The van der Waals surface area contributed by atoms with Crippen LogP contribution in [0.1, 0.15) is 12.1 Å². The number of amides is 1. The second-order valence-corrected chi connectivity index (χ2v) is 9.56. The van der Waals surface area contributed by atoms with Crippen LogP contribution in [0.3, 0.4) is 0 Å². The number of aromatic nitrogens is 2. The molecule has 7 nitrogen and oxygen atoms in total. The van der Waals surface area contributed by atoms with E-state index in [9.17, 15) is 31.5 Å². The molecule has 2 aromatic heterocycles. The molecule has 13 heteroatoms. The minimum Gasteiger partial charge on any atom is -0.506 e. The standard InChI is InChI=1S/C18H13ClF3N3O4S2/c19-10-3-4-13(26)11(8-10)23-16(27)5-7-31(28,29)17-24-12(14-2-1-6-30-14)9-15(25-17)18(20,21)22/h1-4,6,8-9,26H,5,7H2,(H,23,27). The van der Waals surface area contributed by atoms with Crippen molar-refractivity contribution < 1.29 is 31.5 Å². The molecule has 0 spiro atoms. The number of sulfone groups is 1. The first-order valence-corrected chi connectivity index (χ1v) is 11.4. The zero-order valence-electron chi connectivity index (χ0n) is 15.4. The zero-order valence-corrected chi connectivity index (χ0v) is 17.7. The molecule has 0 aliphatic carbocycles. The number of nitrogens with zero attached hydrogens (tertiary/aromatic N) is 2. The Morgan fingerprint density at radius 3 is 2.58 bits per heavy atom. The van der Waals surface area contributed by atoms with Crippen molar-refractivity contribution >= 4 is 44.4 Å². The molecule has 0 saturated carbocycles. The summed E-state index contributed by atoms with van der Waals surface area (Å²) in [7, 11) is -4.43. The van der Waals surface area contributed by atoms with Crippen molar-refractivity contribution in [1.29, 1.82) is 0 Å². The smallest absolute Gasteiger partial charge is 0.433 e. The van der Waals surface area contributed by atoms with Gasteiger partial charge in [0.05, 0.1) is 22.0 Å². The van der Waals surface area contributed by atoms with Gasteiger partial charge in [0.1, 0.15) is 11.4 Å². The maximum absolute atomic E-state index is 13.2. The van der Waals surface area contributed by atoms with Gasteiger partial charge in [-0.05, 0) is 35.7 Å². The number of benzene rings is 1. The number of alkyl halides is 3. The van der Waals surface area contributed by atoms with Gasteiger partial charge in [0.2, 0.25) is 20.9 Å². The summed E-state index contributed by atoms with van der Waals surface area (Å²) >= 11 is 6.86. The average Bonchev–Trinajstić information content (AvgIpc) is 3.23. The van der Waals surface area contributed by atoms with Crippen molar-refractivity contribution in [3.8, 4) is 16.3 Å². The molecular weight excluding hydrogens is 479 g/mol. The normalized spacial score (nSPS) is 12.0. The highest BCUT2D eigenvalue weighted by Gasteiger charge is 2.35. The van der Waals surface area contributed by atoms with E-state index in [0.717, 1.165) is 11.3 Å². The van der Waals surface area contributed by atoms with Crippen LogP contribution in [0.25, 0.3) is 10.6 Å². The van der Waals surface area contributed by atoms with Crippen molar-refractivity contribution in [3.63, 3.8) is 0 Å². The number of nitrogens with one attached hydrogen (secondary N) is 1.